The van der Waals surface area contributed by atoms with Crippen molar-refractivity contribution in [3.05, 3.63) is 22.4 Å². The van der Waals surface area contributed by atoms with E-state index in [1.807, 2.05) is 0 Å². The maximum absolute atomic E-state index is 12.4. The average Bonchev–Trinajstić information content (AvgIpc) is 2.97. The summed E-state index contributed by atoms with van der Waals surface area (Å²) in [6.07, 6.45) is -3.60. The molecule has 1 saturated carbocycles. The van der Waals surface area contributed by atoms with E-state index in [-0.39, 0.29) is 6.54 Å². The second-order valence-corrected chi connectivity index (χ2v) is 7.25. The Morgan fingerprint density at radius 2 is 2.06 bits per heavy atom. The fraction of sp³-hybridized carbons (Fsp3) is 0.600. The van der Waals surface area contributed by atoms with Crippen molar-refractivity contribution >= 4 is 21.4 Å². The summed E-state index contributed by atoms with van der Waals surface area (Å²) in [7, 11) is -3.82. The second kappa shape index (κ2) is 4.82. The van der Waals surface area contributed by atoms with Crippen molar-refractivity contribution in [1.82, 2.24) is 4.31 Å². The lowest BCUT2D eigenvalue weighted by atomic mass is 10.3. The summed E-state index contributed by atoms with van der Waals surface area (Å²) in [4.78, 5) is 0. The summed E-state index contributed by atoms with van der Waals surface area (Å²) in [6, 6.07) is 1.64. The van der Waals surface area contributed by atoms with Gasteiger partial charge >= 0.3 is 6.18 Å². The lowest BCUT2D eigenvalue weighted by molar-refractivity contribution is -0.136. The Morgan fingerprint density at radius 1 is 1.39 bits per heavy atom. The van der Waals surface area contributed by atoms with Crippen LogP contribution in [0.15, 0.2) is 16.8 Å². The van der Waals surface area contributed by atoms with E-state index < -0.39 is 28.0 Å². The number of halogens is 3. The predicted molar refractivity (Wildman–Crippen MR) is 62.7 cm³/mol. The first kappa shape index (κ1) is 13.8. The lowest BCUT2D eigenvalue weighted by Crippen LogP contribution is -2.40. The molecule has 0 radical (unpaired) electrons. The molecule has 0 unspecified atom stereocenters. The highest BCUT2D eigenvalue weighted by Crippen LogP contribution is 2.33. The third-order valence-corrected chi connectivity index (χ3v) is 5.62. The first-order valence-electron chi connectivity index (χ1n) is 5.36. The minimum atomic E-state index is -4.52. The Hall–Kier alpha value is -0.600. The highest BCUT2D eigenvalue weighted by atomic mass is 32.2. The smallest absolute Gasteiger partial charge is 0.212 e. The van der Waals surface area contributed by atoms with Crippen molar-refractivity contribution in [2.24, 2.45) is 0 Å². The molecule has 0 spiro atoms. The molecule has 0 saturated heterocycles. The van der Waals surface area contributed by atoms with Gasteiger partial charge in [-0.1, -0.05) is 0 Å². The van der Waals surface area contributed by atoms with Crippen molar-refractivity contribution < 1.29 is 21.6 Å². The molecule has 1 aliphatic carbocycles. The van der Waals surface area contributed by atoms with Gasteiger partial charge in [-0.05, 0) is 35.2 Å². The summed E-state index contributed by atoms with van der Waals surface area (Å²) < 4.78 is 61.7. The molecule has 102 valence electrons. The summed E-state index contributed by atoms with van der Waals surface area (Å²) in [6.45, 7) is -1.62. The van der Waals surface area contributed by atoms with Gasteiger partial charge in [0, 0.05) is 6.54 Å². The van der Waals surface area contributed by atoms with Crippen molar-refractivity contribution in [2.45, 2.75) is 30.8 Å². The Kier molecular flexibility index (Phi) is 3.70. The van der Waals surface area contributed by atoms with Crippen LogP contribution in [0.1, 0.15) is 18.4 Å². The van der Waals surface area contributed by atoms with E-state index >= 15 is 0 Å². The number of hydrogen-bond acceptors (Lipinski definition) is 3. The molecule has 2 rings (SSSR count). The first-order valence-corrected chi connectivity index (χ1v) is 7.80. The van der Waals surface area contributed by atoms with E-state index in [0.717, 1.165) is 0 Å². The van der Waals surface area contributed by atoms with Crippen LogP contribution in [0.2, 0.25) is 0 Å². The maximum atomic E-state index is 12.4. The minimum absolute atomic E-state index is 0.207. The van der Waals surface area contributed by atoms with E-state index in [1.165, 1.54) is 11.3 Å². The van der Waals surface area contributed by atoms with E-state index in [4.69, 9.17) is 0 Å². The van der Waals surface area contributed by atoms with Gasteiger partial charge in [0.25, 0.3) is 0 Å². The lowest BCUT2D eigenvalue weighted by Gasteiger charge is -2.22. The molecular formula is C10H12F3NO2S2. The Morgan fingerprint density at radius 3 is 2.50 bits per heavy atom. The average molecular weight is 299 g/mol. The van der Waals surface area contributed by atoms with Gasteiger partial charge in [0.1, 0.15) is 6.54 Å². The summed E-state index contributed by atoms with van der Waals surface area (Å²) in [5.41, 5.74) is 0.591. The van der Waals surface area contributed by atoms with Gasteiger partial charge in [-0.2, -0.15) is 28.8 Å². The van der Waals surface area contributed by atoms with Crippen LogP contribution in [-0.4, -0.2) is 30.7 Å². The second-order valence-electron chi connectivity index (χ2n) is 4.26. The first-order chi connectivity index (χ1) is 8.29. The molecular weight excluding hydrogens is 287 g/mol. The summed E-state index contributed by atoms with van der Waals surface area (Å²) in [5.74, 6) is 0. The van der Waals surface area contributed by atoms with Crippen LogP contribution in [0, 0.1) is 0 Å². The Labute approximate surface area is 107 Å². The van der Waals surface area contributed by atoms with Crippen molar-refractivity contribution in [3.8, 4) is 0 Å². The van der Waals surface area contributed by atoms with E-state index in [0.29, 0.717) is 22.7 Å². The molecule has 0 aromatic carbocycles. The topological polar surface area (TPSA) is 37.4 Å². The molecule has 0 aliphatic heterocycles. The van der Waals surface area contributed by atoms with Crippen molar-refractivity contribution in [2.75, 3.05) is 6.54 Å². The number of sulfonamides is 1. The molecule has 3 nitrogen and oxygen atoms in total. The van der Waals surface area contributed by atoms with Crippen LogP contribution >= 0.6 is 11.3 Å². The quantitative estimate of drug-likeness (QED) is 0.838. The monoisotopic (exact) mass is 299 g/mol. The van der Waals surface area contributed by atoms with Gasteiger partial charge in [-0.25, -0.2) is 8.42 Å². The molecule has 0 bridgehead atoms. The van der Waals surface area contributed by atoms with Crippen molar-refractivity contribution in [3.63, 3.8) is 0 Å². The maximum Gasteiger partial charge on any atom is 0.402 e. The van der Waals surface area contributed by atoms with Crippen LogP contribution in [0.25, 0.3) is 0 Å². The molecule has 18 heavy (non-hydrogen) atoms. The molecule has 0 atom stereocenters. The fourth-order valence-electron chi connectivity index (χ4n) is 1.60. The molecule has 0 amide bonds. The van der Waals surface area contributed by atoms with Gasteiger partial charge in [-0.3, -0.25) is 0 Å². The fourth-order valence-corrected chi connectivity index (χ4v) is 4.07. The zero-order valence-electron chi connectivity index (χ0n) is 9.35. The van der Waals surface area contributed by atoms with Gasteiger partial charge < -0.3 is 0 Å². The number of thiophene rings is 1. The van der Waals surface area contributed by atoms with Gasteiger partial charge in [0.05, 0.1) is 5.25 Å². The van der Waals surface area contributed by atoms with E-state index in [2.05, 4.69) is 0 Å². The number of rotatable bonds is 5. The van der Waals surface area contributed by atoms with Gasteiger partial charge in [0.15, 0.2) is 0 Å². The van der Waals surface area contributed by atoms with E-state index in [9.17, 15) is 21.6 Å². The molecule has 8 heteroatoms. The van der Waals surface area contributed by atoms with Crippen LogP contribution in [0.5, 0.6) is 0 Å². The normalized spacial score (nSPS) is 17.3. The third kappa shape index (κ3) is 3.46. The highest BCUT2D eigenvalue weighted by molar-refractivity contribution is 7.90. The molecule has 1 aliphatic rings. The number of alkyl halides is 3. The van der Waals surface area contributed by atoms with Gasteiger partial charge in [-0.15, -0.1) is 0 Å². The zero-order valence-corrected chi connectivity index (χ0v) is 11.0. The number of hydrogen-bond donors (Lipinski definition) is 0. The van der Waals surface area contributed by atoms with Crippen LogP contribution < -0.4 is 0 Å². The standard InChI is InChI=1S/C10H12F3NO2S2/c11-10(12,13)7-14(5-8-3-4-17-6-8)18(15,16)9-1-2-9/h3-4,6,9H,1-2,5,7H2. The third-order valence-electron chi connectivity index (χ3n) is 2.60. The predicted octanol–water partition coefficient (Wildman–Crippen LogP) is 2.60. The summed E-state index contributed by atoms with van der Waals surface area (Å²) >= 11 is 1.33. The molecule has 0 N–H and O–H groups in total. The van der Waals surface area contributed by atoms with Crippen LogP contribution in [0.3, 0.4) is 0 Å². The molecule has 1 heterocycles. The Bertz CT molecular complexity index is 492. The zero-order chi connectivity index (χ0) is 13.4. The highest BCUT2D eigenvalue weighted by Gasteiger charge is 2.44. The number of nitrogens with zero attached hydrogens (tertiary/aromatic N) is 1. The SMILES string of the molecule is O=S(=O)(C1CC1)N(Cc1ccsc1)CC(F)(F)F. The molecule has 1 aromatic rings. The van der Waals surface area contributed by atoms with Crippen LogP contribution in [0.4, 0.5) is 13.2 Å². The van der Waals surface area contributed by atoms with Gasteiger partial charge in [0.2, 0.25) is 10.0 Å². The van der Waals surface area contributed by atoms with Crippen LogP contribution in [-0.2, 0) is 16.6 Å². The minimum Gasteiger partial charge on any atom is -0.212 e. The largest absolute Gasteiger partial charge is 0.402 e. The Balaban J connectivity index is 2.17. The van der Waals surface area contributed by atoms with E-state index in [1.54, 1.807) is 16.8 Å². The molecule has 1 fully saturated rings. The summed E-state index contributed by atoms with van der Waals surface area (Å²) in [5, 5.41) is 2.75. The van der Waals surface area contributed by atoms with Crippen molar-refractivity contribution in [1.29, 1.82) is 0 Å². The molecule has 1 aromatic heterocycles.